The summed E-state index contributed by atoms with van der Waals surface area (Å²) in [5.74, 6) is 0.662. The van der Waals surface area contributed by atoms with Gasteiger partial charge in [0.1, 0.15) is 0 Å². The molecule has 3 aliphatic rings. The molecule has 76 valence electrons. The van der Waals surface area contributed by atoms with Crippen LogP contribution in [-0.4, -0.2) is 12.1 Å². The lowest BCUT2D eigenvalue weighted by Gasteiger charge is -2.19. The average Bonchev–Trinajstić information content (AvgIpc) is 2.79. The zero-order valence-electron chi connectivity index (χ0n) is 10.4. The highest BCUT2D eigenvalue weighted by molar-refractivity contribution is 5.27. The van der Waals surface area contributed by atoms with Crippen molar-refractivity contribution in [1.82, 2.24) is 0 Å². The first-order valence-electron chi connectivity index (χ1n) is 6.89. The Hall–Kier alpha value is -0.660. The fourth-order valence-electron chi connectivity index (χ4n) is 2.73. The van der Waals surface area contributed by atoms with Crippen LogP contribution in [-0.2, 0) is 0 Å². The van der Waals surface area contributed by atoms with E-state index in [0.29, 0.717) is 5.92 Å². The van der Waals surface area contributed by atoms with E-state index in [1.807, 2.05) is 0 Å². The number of nitrogens with zero attached hydrogens (tertiary/aromatic N) is 2. The van der Waals surface area contributed by atoms with Gasteiger partial charge in [-0.25, -0.2) is 0 Å². The zero-order valence-corrected chi connectivity index (χ0v) is 8.39. The second-order valence-corrected chi connectivity index (χ2v) is 4.57. The van der Waals surface area contributed by atoms with Crippen molar-refractivity contribution < 1.29 is 2.74 Å². The Morgan fingerprint density at radius 1 is 1.07 bits per heavy atom. The van der Waals surface area contributed by atoms with Gasteiger partial charge in [0, 0.05) is 2.74 Å². The van der Waals surface area contributed by atoms with Crippen molar-refractivity contribution >= 4 is 0 Å². The van der Waals surface area contributed by atoms with Gasteiger partial charge in [0.25, 0.3) is 0 Å². The summed E-state index contributed by atoms with van der Waals surface area (Å²) in [5.41, 5.74) is 1.19. The van der Waals surface area contributed by atoms with Crippen LogP contribution in [0.25, 0.3) is 0 Å². The van der Waals surface area contributed by atoms with Crippen LogP contribution in [0.1, 0.15) is 47.6 Å². The number of allylic oxidation sites excluding steroid dienone is 1. The van der Waals surface area contributed by atoms with Gasteiger partial charge in [0.05, 0.1) is 12.1 Å². The summed E-state index contributed by atoms with van der Waals surface area (Å²) in [5, 5.41) is 8.26. The molecule has 1 aliphatic heterocycles. The van der Waals surface area contributed by atoms with E-state index in [4.69, 9.17) is 2.74 Å². The van der Waals surface area contributed by atoms with Crippen molar-refractivity contribution in [3.8, 4) is 0 Å². The molecule has 3 rings (SSSR count). The molecule has 2 saturated carbocycles. The Morgan fingerprint density at radius 3 is 2.36 bits per heavy atom. The van der Waals surface area contributed by atoms with Crippen LogP contribution in [0, 0.1) is 5.92 Å². The van der Waals surface area contributed by atoms with Gasteiger partial charge in [-0.2, -0.15) is 10.2 Å². The predicted molar refractivity (Wildman–Crippen MR) is 56.3 cm³/mol. The summed E-state index contributed by atoms with van der Waals surface area (Å²) >= 11 is 0. The zero-order chi connectivity index (χ0) is 11.1. The quantitative estimate of drug-likeness (QED) is 0.568. The minimum absolute atomic E-state index is 0.0885. The summed E-state index contributed by atoms with van der Waals surface area (Å²) in [6, 6.07) is -0.177. The summed E-state index contributed by atoms with van der Waals surface area (Å²) in [4.78, 5) is 0. The maximum Gasteiger partial charge on any atom is 0.0940 e. The third-order valence-corrected chi connectivity index (χ3v) is 3.55. The molecule has 0 spiro atoms. The van der Waals surface area contributed by atoms with E-state index in [0.717, 1.165) is 0 Å². The molecule has 2 bridgehead atoms. The second-order valence-electron chi connectivity index (χ2n) is 4.57. The molecule has 2 heteroatoms. The molecular formula is C12H18N2. The van der Waals surface area contributed by atoms with Crippen molar-refractivity contribution in [3.63, 3.8) is 0 Å². The molecule has 0 aromatic rings. The Bertz CT molecular complexity index is 314. The SMILES string of the molecule is [2H][C@@H]1[C@H]([2H])[C@H]2N=N[C@@H]1C2=CC1CCCCC1. The molecule has 0 unspecified atom stereocenters. The van der Waals surface area contributed by atoms with Gasteiger partial charge in [-0.1, -0.05) is 25.3 Å². The Labute approximate surface area is 88.3 Å². The Morgan fingerprint density at radius 2 is 1.71 bits per heavy atom. The van der Waals surface area contributed by atoms with Gasteiger partial charge in [-0.05, 0) is 37.1 Å². The van der Waals surface area contributed by atoms with E-state index in [1.165, 1.54) is 37.7 Å². The molecule has 2 nitrogen and oxygen atoms in total. The van der Waals surface area contributed by atoms with Gasteiger partial charge in [0.2, 0.25) is 0 Å². The molecule has 14 heavy (non-hydrogen) atoms. The number of hydrogen-bond acceptors (Lipinski definition) is 2. The number of fused-ring (bicyclic) bond motifs is 2. The standard InChI is InChI=1S/C12H18N2/c1-2-4-9(5-3-1)8-10-11-6-7-12(10)14-13-11/h8-9,11-12H,1-7H2/t11-,12+/i6D,7D/t6-,7+,11+,12-. The van der Waals surface area contributed by atoms with Crippen LogP contribution in [0.5, 0.6) is 0 Å². The predicted octanol–water partition coefficient (Wildman–Crippen LogP) is 3.49. The van der Waals surface area contributed by atoms with Crippen molar-refractivity contribution in [2.45, 2.75) is 57.0 Å². The van der Waals surface area contributed by atoms with Crippen LogP contribution in [0.2, 0.25) is 0 Å². The first-order chi connectivity index (χ1) is 7.77. The van der Waals surface area contributed by atoms with Crippen LogP contribution < -0.4 is 0 Å². The van der Waals surface area contributed by atoms with Crippen molar-refractivity contribution in [1.29, 1.82) is 0 Å². The van der Waals surface area contributed by atoms with Crippen molar-refractivity contribution in [2.24, 2.45) is 16.1 Å². The third-order valence-electron chi connectivity index (χ3n) is 3.55. The highest BCUT2D eigenvalue weighted by Crippen LogP contribution is 2.39. The van der Waals surface area contributed by atoms with Crippen LogP contribution >= 0.6 is 0 Å². The van der Waals surface area contributed by atoms with Crippen LogP contribution in [0.3, 0.4) is 0 Å². The highest BCUT2D eigenvalue weighted by Gasteiger charge is 2.35. The molecule has 0 radical (unpaired) electrons. The molecule has 4 atom stereocenters. The monoisotopic (exact) mass is 192 g/mol. The largest absolute Gasteiger partial charge is 0.186 e. The van der Waals surface area contributed by atoms with E-state index >= 15 is 0 Å². The topological polar surface area (TPSA) is 24.7 Å². The highest BCUT2D eigenvalue weighted by atomic mass is 15.2. The molecule has 0 amide bonds. The Kier molecular flexibility index (Phi) is 1.68. The van der Waals surface area contributed by atoms with Gasteiger partial charge >= 0.3 is 0 Å². The lowest BCUT2D eigenvalue weighted by molar-refractivity contribution is 0.417. The number of azo groups is 1. The van der Waals surface area contributed by atoms with E-state index in [2.05, 4.69) is 16.3 Å². The van der Waals surface area contributed by atoms with Crippen LogP contribution in [0.4, 0.5) is 0 Å². The fourth-order valence-corrected chi connectivity index (χ4v) is 2.73. The molecule has 0 saturated heterocycles. The summed E-state index contributed by atoms with van der Waals surface area (Å²) < 4.78 is 15.8. The van der Waals surface area contributed by atoms with E-state index in [1.54, 1.807) is 0 Å². The second kappa shape index (κ2) is 3.48. The van der Waals surface area contributed by atoms with E-state index in [9.17, 15) is 0 Å². The van der Waals surface area contributed by atoms with Gasteiger partial charge in [-0.3, -0.25) is 0 Å². The van der Waals surface area contributed by atoms with Crippen LogP contribution in [0.15, 0.2) is 21.9 Å². The Balaban J connectivity index is 1.78. The molecule has 2 aliphatic carbocycles. The summed E-state index contributed by atoms with van der Waals surface area (Å²) in [7, 11) is 0. The van der Waals surface area contributed by atoms with Gasteiger partial charge in [-0.15, -0.1) is 0 Å². The molecule has 0 aromatic carbocycles. The normalized spacial score (nSPS) is 52.4. The van der Waals surface area contributed by atoms with Gasteiger partial charge < -0.3 is 0 Å². The number of rotatable bonds is 1. The fraction of sp³-hybridized carbons (Fsp3) is 0.833. The summed E-state index contributed by atoms with van der Waals surface area (Å²) in [6.45, 7) is 0. The molecule has 1 heterocycles. The van der Waals surface area contributed by atoms with E-state index < -0.39 is 0 Å². The molecule has 2 fully saturated rings. The smallest absolute Gasteiger partial charge is 0.0940 e. The lowest BCUT2D eigenvalue weighted by Crippen LogP contribution is -2.08. The average molecular weight is 192 g/mol. The van der Waals surface area contributed by atoms with Crippen molar-refractivity contribution in [3.05, 3.63) is 11.6 Å². The maximum absolute atomic E-state index is 7.89. The van der Waals surface area contributed by atoms with E-state index in [-0.39, 0.29) is 24.9 Å². The molecule has 0 aromatic heterocycles. The van der Waals surface area contributed by atoms with Crippen molar-refractivity contribution in [2.75, 3.05) is 0 Å². The minimum atomic E-state index is -0.377. The first-order valence-corrected chi connectivity index (χ1v) is 5.73. The summed E-state index contributed by atoms with van der Waals surface area (Å²) in [6.07, 6.45) is 8.12. The van der Waals surface area contributed by atoms with Gasteiger partial charge in [0.15, 0.2) is 0 Å². The number of hydrogen-bond donors (Lipinski definition) is 0. The lowest BCUT2D eigenvalue weighted by atomic mass is 9.87. The minimum Gasteiger partial charge on any atom is -0.186 e. The third kappa shape index (κ3) is 1.41. The first kappa shape index (κ1) is 6.76. The maximum atomic E-state index is 7.89. The molecular weight excluding hydrogens is 172 g/mol. The molecule has 0 N–H and O–H groups in total.